The van der Waals surface area contributed by atoms with Gasteiger partial charge in [0.25, 0.3) is 0 Å². The maximum absolute atomic E-state index is 12.1. The van der Waals surface area contributed by atoms with Gasteiger partial charge in [-0.1, -0.05) is 0 Å². The zero-order valence-electron chi connectivity index (χ0n) is 12.9. The molecule has 2 aromatic rings. The van der Waals surface area contributed by atoms with E-state index in [1.165, 1.54) is 0 Å². The Morgan fingerprint density at radius 1 is 1.26 bits per heavy atom. The molecule has 0 radical (unpaired) electrons. The largest absolute Gasteiger partial charge is 0.494 e. The van der Waals surface area contributed by atoms with E-state index in [4.69, 9.17) is 4.74 Å². The molecule has 1 aromatic carbocycles. The summed E-state index contributed by atoms with van der Waals surface area (Å²) in [7, 11) is 0. The second-order valence-electron chi connectivity index (χ2n) is 5.21. The van der Waals surface area contributed by atoms with Crippen molar-refractivity contribution in [3.8, 4) is 5.75 Å². The summed E-state index contributed by atoms with van der Waals surface area (Å²) < 4.78 is 5.37. The van der Waals surface area contributed by atoms with Crippen LogP contribution in [0.15, 0.2) is 42.7 Å². The van der Waals surface area contributed by atoms with Crippen molar-refractivity contribution in [2.24, 2.45) is 0 Å². The van der Waals surface area contributed by atoms with E-state index in [2.05, 4.69) is 20.6 Å². The number of nitrogens with zero attached hydrogens (tertiary/aromatic N) is 3. The van der Waals surface area contributed by atoms with E-state index in [1.54, 1.807) is 23.4 Å². The van der Waals surface area contributed by atoms with Gasteiger partial charge in [-0.05, 0) is 37.3 Å². The molecular formula is C16H19N5O2. The van der Waals surface area contributed by atoms with E-state index in [0.29, 0.717) is 25.6 Å². The summed E-state index contributed by atoms with van der Waals surface area (Å²) in [5.74, 6) is 1.38. The van der Waals surface area contributed by atoms with E-state index in [-0.39, 0.29) is 12.1 Å². The summed E-state index contributed by atoms with van der Waals surface area (Å²) in [5, 5.41) is 6.06. The quantitative estimate of drug-likeness (QED) is 0.884. The van der Waals surface area contributed by atoms with Gasteiger partial charge in [-0.3, -0.25) is 0 Å². The number of aromatic nitrogens is 2. The van der Waals surface area contributed by atoms with E-state index < -0.39 is 0 Å². The van der Waals surface area contributed by atoms with Crippen LogP contribution in [0.25, 0.3) is 0 Å². The van der Waals surface area contributed by atoms with Gasteiger partial charge in [-0.15, -0.1) is 0 Å². The molecule has 7 nitrogen and oxygen atoms in total. The van der Waals surface area contributed by atoms with Crippen molar-refractivity contribution >= 4 is 17.7 Å². The first-order chi connectivity index (χ1) is 11.2. The third-order valence-corrected chi connectivity index (χ3v) is 3.48. The topological polar surface area (TPSA) is 79.4 Å². The number of amides is 2. The van der Waals surface area contributed by atoms with Crippen LogP contribution in [-0.2, 0) is 0 Å². The molecular weight excluding hydrogens is 294 g/mol. The fraction of sp³-hybridized carbons (Fsp3) is 0.312. The molecule has 1 aromatic heterocycles. The molecule has 3 rings (SSSR count). The third-order valence-electron chi connectivity index (χ3n) is 3.48. The molecule has 0 atom stereocenters. The number of likely N-dealkylation sites (tertiary alicyclic amines) is 1. The van der Waals surface area contributed by atoms with Crippen molar-refractivity contribution in [3.63, 3.8) is 0 Å². The number of anilines is 2. The lowest BCUT2D eigenvalue weighted by Gasteiger charge is -2.39. The highest BCUT2D eigenvalue weighted by Crippen LogP contribution is 2.18. The summed E-state index contributed by atoms with van der Waals surface area (Å²) in [6.45, 7) is 3.81. The monoisotopic (exact) mass is 313 g/mol. The Balaban J connectivity index is 1.45. The molecule has 2 amide bonds. The number of urea groups is 1. The lowest BCUT2D eigenvalue weighted by Crippen LogP contribution is -2.58. The SMILES string of the molecule is CCOc1ccc(NC(=O)N2CC(Nc3ncccn3)C2)cc1. The van der Waals surface area contributed by atoms with Crippen molar-refractivity contribution in [3.05, 3.63) is 42.7 Å². The summed E-state index contributed by atoms with van der Waals surface area (Å²) in [6.07, 6.45) is 3.37. The van der Waals surface area contributed by atoms with Gasteiger partial charge in [0.1, 0.15) is 5.75 Å². The van der Waals surface area contributed by atoms with Crippen LogP contribution in [-0.4, -0.2) is 46.6 Å². The van der Waals surface area contributed by atoms with Crippen LogP contribution in [0.5, 0.6) is 5.75 Å². The van der Waals surface area contributed by atoms with Crippen LogP contribution in [0.4, 0.5) is 16.4 Å². The lowest BCUT2D eigenvalue weighted by molar-refractivity contribution is 0.171. The average Bonchev–Trinajstić information content (AvgIpc) is 2.53. The number of hydrogen-bond acceptors (Lipinski definition) is 5. The number of benzene rings is 1. The molecule has 0 saturated carbocycles. The highest BCUT2D eigenvalue weighted by molar-refractivity contribution is 5.90. The van der Waals surface area contributed by atoms with Crippen LogP contribution < -0.4 is 15.4 Å². The molecule has 7 heteroatoms. The molecule has 23 heavy (non-hydrogen) atoms. The molecule has 2 heterocycles. The normalized spacial score (nSPS) is 14.0. The molecule has 2 N–H and O–H groups in total. The van der Waals surface area contributed by atoms with Crippen molar-refractivity contribution in [1.29, 1.82) is 0 Å². The van der Waals surface area contributed by atoms with E-state index in [9.17, 15) is 4.79 Å². The number of carbonyl (C=O) groups is 1. The van der Waals surface area contributed by atoms with Gasteiger partial charge in [0.15, 0.2) is 0 Å². The average molecular weight is 313 g/mol. The minimum absolute atomic E-state index is 0.110. The molecule has 1 fully saturated rings. The maximum Gasteiger partial charge on any atom is 0.321 e. The van der Waals surface area contributed by atoms with Gasteiger partial charge in [0.2, 0.25) is 5.95 Å². The number of rotatable bonds is 5. The summed E-state index contributed by atoms with van der Waals surface area (Å²) in [6, 6.07) is 9.18. The third kappa shape index (κ3) is 3.88. The van der Waals surface area contributed by atoms with Gasteiger partial charge in [-0.25, -0.2) is 14.8 Å². The van der Waals surface area contributed by atoms with Gasteiger partial charge < -0.3 is 20.3 Å². The van der Waals surface area contributed by atoms with Crippen molar-refractivity contribution in [2.45, 2.75) is 13.0 Å². The smallest absolute Gasteiger partial charge is 0.321 e. The first kappa shape index (κ1) is 15.1. The number of carbonyl (C=O) groups excluding carboxylic acids is 1. The standard InChI is InChI=1S/C16H19N5O2/c1-2-23-14-6-4-12(5-7-14)20-16(22)21-10-13(11-21)19-15-17-8-3-9-18-15/h3-9,13H,2,10-11H2,1H3,(H,20,22)(H,17,18,19). The summed E-state index contributed by atoms with van der Waals surface area (Å²) in [5.41, 5.74) is 0.751. The van der Waals surface area contributed by atoms with Crippen LogP contribution >= 0.6 is 0 Å². The lowest BCUT2D eigenvalue weighted by atomic mass is 10.1. The molecule has 120 valence electrons. The van der Waals surface area contributed by atoms with Crippen LogP contribution in [0, 0.1) is 0 Å². The van der Waals surface area contributed by atoms with Gasteiger partial charge in [0.05, 0.1) is 12.6 Å². The summed E-state index contributed by atoms with van der Waals surface area (Å²) >= 11 is 0. The van der Waals surface area contributed by atoms with E-state index >= 15 is 0 Å². The Morgan fingerprint density at radius 3 is 2.61 bits per heavy atom. The van der Waals surface area contributed by atoms with E-state index in [1.807, 2.05) is 31.2 Å². The Labute approximate surface area is 134 Å². The van der Waals surface area contributed by atoms with Crippen molar-refractivity contribution < 1.29 is 9.53 Å². The Hall–Kier alpha value is -2.83. The minimum Gasteiger partial charge on any atom is -0.494 e. The predicted molar refractivity (Wildman–Crippen MR) is 87.6 cm³/mol. The molecule has 1 aliphatic heterocycles. The Kier molecular flexibility index (Phi) is 4.56. The minimum atomic E-state index is -0.110. The zero-order chi connectivity index (χ0) is 16.1. The number of nitrogens with one attached hydrogen (secondary N) is 2. The second kappa shape index (κ2) is 6.95. The first-order valence-corrected chi connectivity index (χ1v) is 7.57. The van der Waals surface area contributed by atoms with Gasteiger partial charge in [-0.2, -0.15) is 0 Å². The Morgan fingerprint density at radius 2 is 1.96 bits per heavy atom. The number of ether oxygens (including phenoxy) is 1. The second-order valence-corrected chi connectivity index (χ2v) is 5.21. The highest BCUT2D eigenvalue weighted by atomic mass is 16.5. The molecule has 1 aliphatic rings. The predicted octanol–water partition coefficient (Wildman–Crippen LogP) is 2.20. The van der Waals surface area contributed by atoms with Gasteiger partial charge in [0, 0.05) is 31.2 Å². The van der Waals surface area contributed by atoms with Crippen LogP contribution in [0.3, 0.4) is 0 Å². The molecule has 0 bridgehead atoms. The molecule has 0 aliphatic carbocycles. The van der Waals surface area contributed by atoms with Crippen LogP contribution in [0.1, 0.15) is 6.92 Å². The molecule has 0 spiro atoms. The fourth-order valence-corrected chi connectivity index (χ4v) is 2.30. The molecule has 1 saturated heterocycles. The Bertz CT molecular complexity index is 641. The molecule has 0 unspecified atom stereocenters. The van der Waals surface area contributed by atoms with Crippen molar-refractivity contribution in [2.75, 3.05) is 30.3 Å². The fourth-order valence-electron chi connectivity index (χ4n) is 2.30. The van der Waals surface area contributed by atoms with E-state index in [0.717, 1.165) is 11.4 Å². The highest BCUT2D eigenvalue weighted by Gasteiger charge is 2.31. The first-order valence-electron chi connectivity index (χ1n) is 7.57. The number of hydrogen-bond donors (Lipinski definition) is 2. The zero-order valence-corrected chi connectivity index (χ0v) is 12.9. The maximum atomic E-state index is 12.1. The van der Waals surface area contributed by atoms with Crippen molar-refractivity contribution in [1.82, 2.24) is 14.9 Å². The van der Waals surface area contributed by atoms with Gasteiger partial charge >= 0.3 is 6.03 Å². The summed E-state index contributed by atoms with van der Waals surface area (Å²) in [4.78, 5) is 22.1. The van der Waals surface area contributed by atoms with Crippen LogP contribution in [0.2, 0.25) is 0 Å².